The second-order valence-corrected chi connectivity index (χ2v) is 6.28. The maximum atomic E-state index is 12.9. The summed E-state index contributed by atoms with van der Waals surface area (Å²) in [5, 5.41) is 2.16. The van der Waals surface area contributed by atoms with E-state index >= 15 is 0 Å². The van der Waals surface area contributed by atoms with Crippen LogP contribution in [0.1, 0.15) is 15.9 Å². The Kier molecular flexibility index (Phi) is 4.36. The number of thiophene rings is 1. The molecule has 1 amide bonds. The molecule has 21 heavy (non-hydrogen) atoms. The zero-order chi connectivity index (χ0) is 15.8. The largest absolute Gasteiger partial charge is 0.418 e. The Bertz CT molecular complexity index is 700. The van der Waals surface area contributed by atoms with Crippen LogP contribution >= 0.6 is 34.5 Å². The number of hydrogen-bond acceptors (Lipinski definition) is 3. The van der Waals surface area contributed by atoms with Crippen LogP contribution in [0, 0.1) is 0 Å². The molecule has 0 aliphatic heterocycles. The number of carbonyl (C=O) groups excluding carboxylic acids is 1. The van der Waals surface area contributed by atoms with Gasteiger partial charge in [-0.2, -0.15) is 13.2 Å². The standard InChI is InChI=1S/C12H7Cl2F3N2OS/c13-9-4-6(10(14)21-9)11(20)19-8-2-1-5(18)3-7(8)12(15,16)17/h1-4H,18H2,(H,19,20). The molecule has 0 saturated carbocycles. The van der Waals surface area contributed by atoms with Crippen molar-refractivity contribution in [1.29, 1.82) is 0 Å². The highest BCUT2D eigenvalue weighted by molar-refractivity contribution is 7.20. The van der Waals surface area contributed by atoms with Gasteiger partial charge in [0.15, 0.2) is 0 Å². The fraction of sp³-hybridized carbons (Fsp3) is 0.0833. The summed E-state index contributed by atoms with van der Waals surface area (Å²) in [5.41, 5.74) is 3.86. The first kappa shape index (κ1) is 15.9. The molecule has 0 saturated heterocycles. The van der Waals surface area contributed by atoms with Crippen molar-refractivity contribution in [3.63, 3.8) is 0 Å². The van der Waals surface area contributed by atoms with E-state index in [1.165, 1.54) is 12.1 Å². The van der Waals surface area contributed by atoms with Crippen molar-refractivity contribution in [2.24, 2.45) is 0 Å². The van der Waals surface area contributed by atoms with Crippen LogP contribution in [0.15, 0.2) is 24.3 Å². The maximum Gasteiger partial charge on any atom is 0.418 e. The summed E-state index contributed by atoms with van der Waals surface area (Å²) >= 11 is 12.4. The van der Waals surface area contributed by atoms with Gasteiger partial charge in [-0.25, -0.2) is 0 Å². The number of benzene rings is 1. The highest BCUT2D eigenvalue weighted by Gasteiger charge is 2.34. The van der Waals surface area contributed by atoms with Gasteiger partial charge in [-0.1, -0.05) is 23.2 Å². The molecular weight excluding hydrogens is 348 g/mol. The maximum absolute atomic E-state index is 12.9. The number of nitrogens with one attached hydrogen (secondary N) is 1. The number of amides is 1. The van der Waals surface area contributed by atoms with Gasteiger partial charge in [0, 0.05) is 5.69 Å². The average molecular weight is 355 g/mol. The summed E-state index contributed by atoms with van der Waals surface area (Å²) in [6.45, 7) is 0. The van der Waals surface area contributed by atoms with Crippen LogP contribution in [0.25, 0.3) is 0 Å². The van der Waals surface area contributed by atoms with Gasteiger partial charge < -0.3 is 11.1 Å². The third-order valence-corrected chi connectivity index (χ3v) is 3.99. The van der Waals surface area contributed by atoms with E-state index in [-0.39, 0.29) is 19.9 Å². The van der Waals surface area contributed by atoms with Crippen LogP contribution < -0.4 is 11.1 Å². The quantitative estimate of drug-likeness (QED) is 0.753. The lowest BCUT2D eigenvalue weighted by Crippen LogP contribution is -2.16. The molecule has 2 aromatic rings. The van der Waals surface area contributed by atoms with Crippen molar-refractivity contribution < 1.29 is 18.0 Å². The summed E-state index contributed by atoms with van der Waals surface area (Å²) < 4.78 is 39.1. The Morgan fingerprint density at radius 3 is 2.43 bits per heavy atom. The minimum Gasteiger partial charge on any atom is -0.399 e. The molecule has 0 unspecified atom stereocenters. The number of alkyl halides is 3. The molecule has 2 rings (SSSR count). The van der Waals surface area contributed by atoms with E-state index in [1.54, 1.807) is 0 Å². The third-order valence-electron chi connectivity index (χ3n) is 2.50. The van der Waals surface area contributed by atoms with Gasteiger partial charge in [-0.15, -0.1) is 11.3 Å². The molecule has 1 aromatic carbocycles. The summed E-state index contributed by atoms with van der Waals surface area (Å²) in [6.07, 6.45) is -4.64. The smallest absolute Gasteiger partial charge is 0.399 e. The average Bonchev–Trinajstić information content (AvgIpc) is 2.69. The Hall–Kier alpha value is -1.44. The Balaban J connectivity index is 2.36. The monoisotopic (exact) mass is 354 g/mol. The highest BCUT2D eigenvalue weighted by atomic mass is 35.5. The first-order valence-electron chi connectivity index (χ1n) is 5.41. The molecule has 0 atom stereocenters. The number of nitrogens with two attached hydrogens (primary N) is 1. The van der Waals surface area contributed by atoms with E-state index in [0.29, 0.717) is 0 Å². The van der Waals surface area contributed by atoms with Crippen LogP contribution in [0.4, 0.5) is 24.5 Å². The number of halogens is 5. The summed E-state index contributed by atoms with van der Waals surface area (Å²) in [6, 6.07) is 4.37. The van der Waals surface area contributed by atoms with Crippen LogP contribution in [0.2, 0.25) is 8.67 Å². The summed E-state index contributed by atoms with van der Waals surface area (Å²) in [7, 11) is 0. The second kappa shape index (κ2) is 5.75. The number of carbonyl (C=O) groups is 1. The molecule has 112 valence electrons. The molecule has 0 radical (unpaired) electrons. The van der Waals surface area contributed by atoms with Gasteiger partial charge in [0.1, 0.15) is 4.34 Å². The Morgan fingerprint density at radius 2 is 1.90 bits per heavy atom. The van der Waals surface area contributed by atoms with Gasteiger partial charge in [-0.05, 0) is 24.3 Å². The summed E-state index contributed by atoms with van der Waals surface area (Å²) in [4.78, 5) is 12.0. The van der Waals surface area contributed by atoms with E-state index in [9.17, 15) is 18.0 Å². The first-order chi connectivity index (χ1) is 9.68. The lowest BCUT2D eigenvalue weighted by atomic mass is 10.1. The van der Waals surface area contributed by atoms with Crippen molar-refractivity contribution in [2.75, 3.05) is 11.1 Å². The number of hydrogen-bond donors (Lipinski definition) is 2. The molecule has 0 spiro atoms. The number of nitrogen functional groups attached to an aromatic ring is 1. The van der Waals surface area contributed by atoms with Crippen molar-refractivity contribution in [2.45, 2.75) is 6.18 Å². The predicted molar refractivity (Wildman–Crippen MR) is 78.1 cm³/mol. The fourth-order valence-electron chi connectivity index (χ4n) is 1.59. The van der Waals surface area contributed by atoms with Gasteiger partial charge in [0.2, 0.25) is 0 Å². The van der Waals surface area contributed by atoms with E-state index in [4.69, 9.17) is 28.9 Å². The van der Waals surface area contributed by atoms with Crippen molar-refractivity contribution in [1.82, 2.24) is 0 Å². The van der Waals surface area contributed by atoms with Crippen LogP contribution in [0.3, 0.4) is 0 Å². The topological polar surface area (TPSA) is 55.1 Å². The van der Waals surface area contributed by atoms with Gasteiger partial charge in [0.25, 0.3) is 5.91 Å². The van der Waals surface area contributed by atoms with Gasteiger partial charge >= 0.3 is 6.18 Å². The van der Waals surface area contributed by atoms with Crippen molar-refractivity contribution >= 4 is 51.8 Å². The van der Waals surface area contributed by atoms with E-state index in [0.717, 1.165) is 23.5 Å². The lowest BCUT2D eigenvalue weighted by Gasteiger charge is -2.14. The molecule has 3 nitrogen and oxygen atoms in total. The zero-order valence-electron chi connectivity index (χ0n) is 10.1. The molecule has 0 aliphatic carbocycles. The fourth-order valence-corrected chi connectivity index (χ4v) is 3.05. The molecule has 9 heteroatoms. The van der Waals surface area contributed by atoms with Crippen molar-refractivity contribution in [3.05, 3.63) is 44.1 Å². The van der Waals surface area contributed by atoms with Crippen LogP contribution in [-0.4, -0.2) is 5.91 Å². The lowest BCUT2D eigenvalue weighted by molar-refractivity contribution is -0.136. The molecule has 1 heterocycles. The molecule has 0 bridgehead atoms. The molecular formula is C12H7Cl2F3N2OS. The van der Waals surface area contributed by atoms with Gasteiger partial charge in [-0.3, -0.25) is 4.79 Å². The highest BCUT2D eigenvalue weighted by Crippen LogP contribution is 2.37. The number of rotatable bonds is 2. The predicted octanol–water partition coefficient (Wildman–Crippen LogP) is 4.91. The van der Waals surface area contributed by atoms with Crippen LogP contribution in [0.5, 0.6) is 0 Å². The van der Waals surface area contributed by atoms with E-state index in [1.807, 2.05) is 0 Å². The minimum atomic E-state index is -4.64. The first-order valence-corrected chi connectivity index (χ1v) is 6.98. The third kappa shape index (κ3) is 3.61. The van der Waals surface area contributed by atoms with E-state index in [2.05, 4.69) is 5.32 Å². The molecule has 1 aromatic heterocycles. The second-order valence-electron chi connectivity index (χ2n) is 3.99. The molecule has 3 N–H and O–H groups in total. The van der Waals surface area contributed by atoms with Gasteiger partial charge in [0.05, 0.1) is 21.2 Å². The Labute approximate surface area is 131 Å². The Morgan fingerprint density at radius 1 is 1.24 bits per heavy atom. The van der Waals surface area contributed by atoms with E-state index < -0.39 is 23.3 Å². The molecule has 0 aliphatic rings. The SMILES string of the molecule is Nc1ccc(NC(=O)c2cc(Cl)sc2Cl)c(C(F)(F)F)c1. The molecule has 0 fully saturated rings. The van der Waals surface area contributed by atoms with Crippen LogP contribution in [-0.2, 0) is 6.18 Å². The zero-order valence-corrected chi connectivity index (χ0v) is 12.4. The minimum absolute atomic E-state index is 0.0108. The number of anilines is 2. The normalized spacial score (nSPS) is 11.5. The summed E-state index contributed by atoms with van der Waals surface area (Å²) in [5.74, 6) is -0.779. The van der Waals surface area contributed by atoms with Crippen molar-refractivity contribution in [3.8, 4) is 0 Å².